The molecule has 1 amide bonds. The van der Waals surface area contributed by atoms with Crippen molar-refractivity contribution >= 4 is 34.8 Å². The average Bonchev–Trinajstić information content (AvgIpc) is 2.53. The molecule has 0 aliphatic carbocycles. The Hall–Kier alpha value is -2.13. The summed E-state index contributed by atoms with van der Waals surface area (Å²) in [6.07, 6.45) is 0.368. The van der Waals surface area contributed by atoms with E-state index in [4.69, 9.17) is 28.5 Å². The molecule has 1 atom stereocenters. The van der Waals surface area contributed by atoms with Crippen LogP contribution in [-0.4, -0.2) is 11.4 Å². The highest BCUT2D eigenvalue weighted by Gasteiger charge is 2.33. The molecular weight excluding hydrogens is 352 g/mol. The lowest BCUT2D eigenvalue weighted by Crippen LogP contribution is -2.77. The summed E-state index contributed by atoms with van der Waals surface area (Å²) in [6.45, 7) is 1.69. The molecule has 0 heterocycles. The number of halogens is 3. The number of hydrogen-bond acceptors (Lipinski definition) is 2. The van der Waals surface area contributed by atoms with Crippen molar-refractivity contribution in [2.45, 2.75) is 18.9 Å². The number of carbonyl (C=O) groups is 1. The maximum atomic E-state index is 13.4. The largest absolute Gasteiger partial charge is 0.345 e. The lowest BCUT2D eigenvalue weighted by Gasteiger charge is -2.20. The van der Waals surface area contributed by atoms with Crippen LogP contribution >= 0.6 is 23.2 Å². The van der Waals surface area contributed by atoms with Crippen molar-refractivity contribution in [1.29, 1.82) is 5.26 Å². The highest BCUT2D eigenvalue weighted by Crippen LogP contribution is 2.27. The van der Waals surface area contributed by atoms with Gasteiger partial charge in [0.15, 0.2) is 11.4 Å². The fourth-order valence-corrected chi connectivity index (χ4v) is 2.62. The minimum Gasteiger partial charge on any atom is -0.345 e. The summed E-state index contributed by atoms with van der Waals surface area (Å²) in [5.74, 6) is -1.09. The van der Waals surface area contributed by atoms with Gasteiger partial charge in [-0.2, -0.15) is 5.26 Å². The number of nitrogens with zero attached hydrogens (tertiary/aromatic N) is 1. The molecule has 24 heavy (non-hydrogen) atoms. The number of nitrogens with one attached hydrogen (secondary N) is 1. The van der Waals surface area contributed by atoms with Crippen LogP contribution in [0.1, 0.15) is 18.1 Å². The minimum absolute atomic E-state index is 0.171. The fourth-order valence-electron chi connectivity index (χ4n) is 2.14. The third kappa shape index (κ3) is 4.24. The van der Waals surface area contributed by atoms with Crippen LogP contribution < -0.4 is 11.1 Å². The zero-order valence-electron chi connectivity index (χ0n) is 12.9. The van der Waals surface area contributed by atoms with Crippen LogP contribution in [-0.2, 0) is 11.2 Å². The molecule has 4 N–H and O–H groups in total. The molecule has 0 unspecified atom stereocenters. The van der Waals surface area contributed by atoms with Crippen molar-refractivity contribution < 1.29 is 14.9 Å². The molecule has 0 radical (unpaired) electrons. The number of anilines is 1. The summed E-state index contributed by atoms with van der Waals surface area (Å²) < 4.78 is 13.4. The van der Waals surface area contributed by atoms with Crippen molar-refractivity contribution in [1.82, 2.24) is 0 Å². The van der Waals surface area contributed by atoms with Crippen LogP contribution in [0, 0.1) is 17.1 Å². The van der Waals surface area contributed by atoms with E-state index in [1.54, 1.807) is 31.2 Å². The van der Waals surface area contributed by atoms with E-state index in [2.05, 4.69) is 11.1 Å². The smallest absolute Gasteiger partial charge is 0.285 e. The average molecular weight is 367 g/mol. The SMILES string of the molecule is C[C@@]([NH3+])(Cc1ccc(C#N)cc1)C(=O)Nc1cc(Cl)c(F)c(Cl)c1. The maximum absolute atomic E-state index is 13.4. The Morgan fingerprint density at radius 1 is 1.29 bits per heavy atom. The van der Waals surface area contributed by atoms with E-state index in [-0.39, 0.29) is 16.0 Å². The van der Waals surface area contributed by atoms with Crippen LogP contribution in [0.4, 0.5) is 10.1 Å². The fraction of sp³-hybridized carbons (Fsp3) is 0.176. The highest BCUT2D eigenvalue weighted by atomic mass is 35.5. The normalized spacial score (nSPS) is 13.0. The Morgan fingerprint density at radius 3 is 2.33 bits per heavy atom. The van der Waals surface area contributed by atoms with Crippen molar-refractivity contribution in [3.8, 4) is 6.07 Å². The van der Waals surface area contributed by atoms with Gasteiger partial charge in [0.1, 0.15) is 0 Å². The van der Waals surface area contributed by atoms with Crippen LogP contribution in [0.5, 0.6) is 0 Å². The van der Waals surface area contributed by atoms with Gasteiger partial charge in [0.05, 0.1) is 21.7 Å². The Morgan fingerprint density at radius 2 is 1.83 bits per heavy atom. The van der Waals surface area contributed by atoms with Gasteiger partial charge in [-0.3, -0.25) is 4.79 Å². The molecule has 2 rings (SSSR count). The first-order valence-corrected chi connectivity index (χ1v) is 7.79. The van der Waals surface area contributed by atoms with Crippen molar-refractivity contribution in [3.63, 3.8) is 0 Å². The summed E-state index contributed by atoms with van der Waals surface area (Å²) in [6, 6.07) is 11.5. The van der Waals surface area contributed by atoms with E-state index in [1.165, 1.54) is 12.1 Å². The van der Waals surface area contributed by atoms with E-state index < -0.39 is 11.4 Å². The van der Waals surface area contributed by atoms with Crippen LogP contribution in [0.25, 0.3) is 0 Å². The van der Waals surface area contributed by atoms with Crippen LogP contribution in [0.15, 0.2) is 36.4 Å². The van der Waals surface area contributed by atoms with Gasteiger partial charge in [0.25, 0.3) is 5.91 Å². The molecule has 0 fully saturated rings. The molecule has 2 aromatic rings. The van der Waals surface area contributed by atoms with Gasteiger partial charge in [-0.15, -0.1) is 0 Å². The lowest BCUT2D eigenvalue weighted by atomic mass is 9.92. The molecule has 7 heteroatoms. The summed E-state index contributed by atoms with van der Waals surface area (Å²) in [5.41, 5.74) is 4.69. The number of benzene rings is 2. The van der Waals surface area contributed by atoms with Gasteiger partial charge < -0.3 is 11.1 Å². The minimum atomic E-state index is -0.971. The second-order valence-electron chi connectivity index (χ2n) is 5.75. The van der Waals surface area contributed by atoms with E-state index in [0.717, 1.165) is 5.56 Å². The molecule has 0 aromatic heterocycles. The van der Waals surface area contributed by atoms with Crippen LogP contribution in [0.2, 0.25) is 10.0 Å². The van der Waals surface area contributed by atoms with Crippen molar-refractivity contribution in [3.05, 3.63) is 63.4 Å². The Bertz CT molecular complexity index is 791. The van der Waals surface area contributed by atoms with E-state index in [1.807, 2.05) is 6.07 Å². The standard InChI is InChI=1S/C17H14Cl2FN3O/c1-17(22,8-10-2-4-11(9-21)5-3-10)16(24)23-12-6-13(18)15(20)14(19)7-12/h2-7H,8,22H2,1H3,(H,23,24)/p+1/t17-/m1/s1. The molecule has 2 aromatic carbocycles. The first-order valence-electron chi connectivity index (χ1n) is 7.03. The molecule has 0 aliphatic rings. The van der Waals surface area contributed by atoms with Gasteiger partial charge in [-0.05, 0) is 29.8 Å². The topological polar surface area (TPSA) is 80.5 Å². The predicted molar refractivity (Wildman–Crippen MR) is 91.2 cm³/mol. The third-order valence-corrected chi connectivity index (χ3v) is 4.02. The summed E-state index contributed by atoms with van der Waals surface area (Å²) in [4.78, 5) is 12.5. The molecule has 4 nitrogen and oxygen atoms in total. The van der Waals surface area contributed by atoms with Crippen LogP contribution in [0.3, 0.4) is 0 Å². The zero-order chi connectivity index (χ0) is 17.9. The number of amides is 1. The summed E-state index contributed by atoms with van der Waals surface area (Å²) in [7, 11) is 0. The molecule has 0 saturated heterocycles. The maximum Gasteiger partial charge on any atom is 0.285 e. The first kappa shape index (κ1) is 18.2. The first-order chi connectivity index (χ1) is 11.2. The quantitative estimate of drug-likeness (QED) is 0.814. The molecule has 0 bridgehead atoms. The summed E-state index contributed by atoms with van der Waals surface area (Å²) in [5, 5.41) is 11.1. The molecule has 0 aliphatic heterocycles. The second-order valence-corrected chi connectivity index (χ2v) is 6.57. The molecule has 0 spiro atoms. The van der Waals surface area contributed by atoms with Gasteiger partial charge >= 0.3 is 0 Å². The second kappa shape index (κ2) is 7.18. The number of hydrogen-bond donors (Lipinski definition) is 2. The molecule has 124 valence electrons. The number of nitriles is 1. The molecular formula is C17H15Cl2FN3O+. The van der Waals surface area contributed by atoms with E-state index in [0.29, 0.717) is 17.7 Å². The van der Waals surface area contributed by atoms with Gasteiger partial charge in [-0.1, -0.05) is 35.3 Å². The number of rotatable bonds is 4. The zero-order valence-corrected chi connectivity index (χ0v) is 14.4. The molecule has 0 saturated carbocycles. The highest BCUT2D eigenvalue weighted by molar-refractivity contribution is 6.35. The van der Waals surface area contributed by atoms with Crippen molar-refractivity contribution in [2.24, 2.45) is 0 Å². The van der Waals surface area contributed by atoms with Gasteiger partial charge in [0, 0.05) is 19.0 Å². The van der Waals surface area contributed by atoms with E-state index in [9.17, 15) is 9.18 Å². The third-order valence-electron chi connectivity index (χ3n) is 3.47. The number of quaternary nitrogens is 1. The van der Waals surface area contributed by atoms with Crippen molar-refractivity contribution in [2.75, 3.05) is 5.32 Å². The van der Waals surface area contributed by atoms with E-state index >= 15 is 0 Å². The Kier molecular flexibility index (Phi) is 5.45. The monoisotopic (exact) mass is 366 g/mol. The lowest BCUT2D eigenvalue weighted by molar-refractivity contribution is -0.450. The predicted octanol–water partition coefficient (Wildman–Crippen LogP) is 3.19. The summed E-state index contributed by atoms with van der Waals surface area (Å²) >= 11 is 11.4. The Balaban J connectivity index is 2.13. The van der Waals surface area contributed by atoms with Gasteiger partial charge in [0.2, 0.25) is 0 Å². The number of carbonyl (C=O) groups excluding carboxylic acids is 1. The van der Waals surface area contributed by atoms with Gasteiger partial charge in [-0.25, -0.2) is 4.39 Å². The Labute approximate surface area is 149 Å².